The monoisotopic (exact) mass is 249 g/mol. The maximum absolute atomic E-state index is 11.6. The average Bonchev–Trinajstić information content (AvgIpc) is 2.60. The zero-order chi connectivity index (χ0) is 11.3. The summed E-state index contributed by atoms with van der Waals surface area (Å²) in [5.74, 6) is 0. The molecule has 0 aromatic carbocycles. The maximum atomic E-state index is 11.6. The minimum atomic E-state index is -3.35. The molecular formula is C8H15N3O2S2. The highest BCUT2D eigenvalue weighted by Gasteiger charge is 2.15. The van der Waals surface area contributed by atoms with Crippen molar-refractivity contribution in [2.45, 2.75) is 24.0 Å². The van der Waals surface area contributed by atoms with Crippen molar-refractivity contribution in [3.05, 3.63) is 11.2 Å². The predicted octanol–water partition coefficient (Wildman–Crippen LogP) is 0.469. The van der Waals surface area contributed by atoms with Crippen LogP contribution < -0.4 is 10.5 Å². The molecule has 1 rings (SSSR count). The molecule has 3 N–H and O–H groups in total. The second kappa shape index (κ2) is 5.55. The zero-order valence-electron chi connectivity index (χ0n) is 8.56. The van der Waals surface area contributed by atoms with E-state index in [1.54, 1.807) is 6.92 Å². The van der Waals surface area contributed by atoms with Gasteiger partial charge >= 0.3 is 0 Å². The van der Waals surface area contributed by atoms with Gasteiger partial charge in [0.15, 0.2) is 4.21 Å². The molecule has 7 heteroatoms. The van der Waals surface area contributed by atoms with Crippen LogP contribution in [0.4, 0.5) is 0 Å². The maximum Gasteiger partial charge on any atom is 0.251 e. The summed E-state index contributed by atoms with van der Waals surface area (Å²) >= 11 is 1.17. The molecule has 0 amide bonds. The fourth-order valence-electron chi connectivity index (χ4n) is 1.01. The summed E-state index contributed by atoms with van der Waals surface area (Å²) in [6.45, 7) is 2.79. The molecule has 0 radical (unpaired) electrons. The molecular weight excluding hydrogens is 234 g/mol. The van der Waals surface area contributed by atoms with Gasteiger partial charge in [0, 0.05) is 6.54 Å². The van der Waals surface area contributed by atoms with Gasteiger partial charge < -0.3 is 5.73 Å². The summed E-state index contributed by atoms with van der Waals surface area (Å²) in [6, 6.07) is 0. The lowest BCUT2D eigenvalue weighted by molar-refractivity contribution is 0.579. The van der Waals surface area contributed by atoms with Crippen LogP contribution in [0.15, 0.2) is 10.4 Å². The van der Waals surface area contributed by atoms with Crippen molar-refractivity contribution in [3.8, 4) is 0 Å². The van der Waals surface area contributed by atoms with Crippen LogP contribution in [0.2, 0.25) is 0 Å². The van der Waals surface area contributed by atoms with E-state index in [1.807, 2.05) is 0 Å². The van der Waals surface area contributed by atoms with Crippen LogP contribution in [0.3, 0.4) is 0 Å². The van der Waals surface area contributed by atoms with Crippen molar-refractivity contribution in [1.29, 1.82) is 0 Å². The van der Waals surface area contributed by atoms with E-state index in [1.165, 1.54) is 17.5 Å². The standard InChI is InChI=1S/C8H15N3O2S2/c1-7-10-6-8(14-7)15(12,13)11-5-3-2-4-9/h6,11H,2-5,9H2,1H3. The Hall–Kier alpha value is -0.500. The van der Waals surface area contributed by atoms with E-state index in [9.17, 15) is 8.42 Å². The van der Waals surface area contributed by atoms with Crippen LogP contribution in [-0.2, 0) is 10.0 Å². The summed E-state index contributed by atoms with van der Waals surface area (Å²) in [5, 5.41) is 0.748. The van der Waals surface area contributed by atoms with E-state index >= 15 is 0 Å². The molecule has 0 saturated heterocycles. The van der Waals surface area contributed by atoms with Gasteiger partial charge in [-0.05, 0) is 26.3 Å². The Kier molecular flexibility index (Phi) is 4.65. The first-order valence-electron chi connectivity index (χ1n) is 4.68. The Balaban J connectivity index is 2.53. The molecule has 0 unspecified atom stereocenters. The molecule has 0 aliphatic rings. The Morgan fingerprint density at radius 2 is 2.27 bits per heavy atom. The molecule has 86 valence electrons. The number of hydrogen-bond acceptors (Lipinski definition) is 5. The number of rotatable bonds is 6. The van der Waals surface area contributed by atoms with Gasteiger partial charge in [0.25, 0.3) is 10.0 Å². The summed E-state index contributed by atoms with van der Waals surface area (Å²) in [6.07, 6.45) is 2.96. The Morgan fingerprint density at radius 1 is 1.53 bits per heavy atom. The number of sulfonamides is 1. The molecule has 15 heavy (non-hydrogen) atoms. The Morgan fingerprint density at radius 3 is 2.80 bits per heavy atom. The van der Waals surface area contributed by atoms with Crippen LogP contribution in [0.25, 0.3) is 0 Å². The number of nitrogens with one attached hydrogen (secondary N) is 1. The lowest BCUT2D eigenvalue weighted by Crippen LogP contribution is -2.24. The van der Waals surface area contributed by atoms with E-state index < -0.39 is 10.0 Å². The summed E-state index contributed by atoms with van der Waals surface area (Å²) < 4.78 is 26.1. The van der Waals surface area contributed by atoms with Gasteiger partial charge in [-0.15, -0.1) is 11.3 Å². The normalized spacial score (nSPS) is 11.9. The van der Waals surface area contributed by atoms with E-state index in [0.29, 0.717) is 13.1 Å². The lowest BCUT2D eigenvalue weighted by Gasteiger charge is -2.02. The molecule has 0 fully saturated rings. The van der Waals surface area contributed by atoms with Gasteiger partial charge in [0.05, 0.1) is 11.2 Å². The number of aromatic nitrogens is 1. The smallest absolute Gasteiger partial charge is 0.251 e. The quantitative estimate of drug-likeness (QED) is 0.718. The third-order valence-electron chi connectivity index (χ3n) is 1.79. The fourth-order valence-corrected chi connectivity index (χ4v) is 3.24. The lowest BCUT2D eigenvalue weighted by atomic mass is 10.3. The summed E-state index contributed by atoms with van der Waals surface area (Å²) in [4.78, 5) is 3.91. The van der Waals surface area contributed by atoms with E-state index in [-0.39, 0.29) is 4.21 Å². The molecule has 1 heterocycles. The molecule has 0 spiro atoms. The molecule has 1 aromatic heterocycles. The first kappa shape index (κ1) is 12.6. The van der Waals surface area contributed by atoms with Crippen molar-refractivity contribution in [2.75, 3.05) is 13.1 Å². The summed E-state index contributed by atoms with van der Waals surface area (Å²) in [7, 11) is -3.35. The van der Waals surface area contributed by atoms with Crippen molar-refractivity contribution in [1.82, 2.24) is 9.71 Å². The van der Waals surface area contributed by atoms with Gasteiger partial charge in [-0.25, -0.2) is 18.1 Å². The first-order valence-corrected chi connectivity index (χ1v) is 6.98. The van der Waals surface area contributed by atoms with Crippen molar-refractivity contribution in [3.63, 3.8) is 0 Å². The zero-order valence-corrected chi connectivity index (χ0v) is 10.2. The van der Waals surface area contributed by atoms with Gasteiger partial charge in [0.1, 0.15) is 0 Å². The fraction of sp³-hybridized carbons (Fsp3) is 0.625. The van der Waals surface area contributed by atoms with Gasteiger partial charge in [-0.1, -0.05) is 0 Å². The molecule has 0 aliphatic heterocycles. The molecule has 0 aliphatic carbocycles. The Labute approximate surface area is 93.8 Å². The van der Waals surface area contributed by atoms with Crippen LogP contribution in [0.1, 0.15) is 17.8 Å². The van der Waals surface area contributed by atoms with Gasteiger partial charge in [0.2, 0.25) is 0 Å². The molecule has 0 saturated carbocycles. The van der Waals surface area contributed by atoms with Crippen molar-refractivity contribution in [2.24, 2.45) is 5.73 Å². The third-order valence-corrected chi connectivity index (χ3v) is 4.62. The number of aryl methyl sites for hydroxylation is 1. The van der Waals surface area contributed by atoms with Crippen LogP contribution in [0, 0.1) is 6.92 Å². The SMILES string of the molecule is Cc1ncc(S(=O)(=O)NCCCCN)s1. The largest absolute Gasteiger partial charge is 0.330 e. The highest BCUT2D eigenvalue weighted by molar-refractivity contribution is 7.91. The number of thiazole rings is 1. The highest BCUT2D eigenvalue weighted by atomic mass is 32.2. The third kappa shape index (κ3) is 3.86. The van der Waals surface area contributed by atoms with Crippen molar-refractivity contribution >= 4 is 21.4 Å². The van der Waals surface area contributed by atoms with Gasteiger partial charge in [-0.2, -0.15) is 0 Å². The van der Waals surface area contributed by atoms with Gasteiger partial charge in [-0.3, -0.25) is 0 Å². The van der Waals surface area contributed by atoms with Crippen molar-refractivity contribution < 1.29 is 8.42 Å². The molecule has 0 atom stereocenters. The Bertz CT molecular complexity index is 400. The van der Waals surface area contributed by atoms with E-state index in [0.717, 1.165) is 17.8 Å². The van der Waals surface area contributed by atoms with Crippen LogP contribution in [0.5, 0.6) is 0 Å². The number of unbranched alkanes of at least 4 members (excludes halogenated alkanes) is 1. The van der Waals surface area contributed by atoms with E-state index in [2.05, 4.69) is 9.71 Å². The second-order valence-corrected chi connectivity index (χ2v) is 6.32. The molecule has 1 aromatic rings. The average molecular weight is 249 g/mol. The number of nitrogens with two attached hydrogens (primary N) is 1. The predicted molar refractivity (Wildman–Crippen MR) is 60.3 cm³/mol. The molecule has 0 bridgehead atoms. The van der Waals surface area contributed by atoms with Crippen LogP contribution >= 0.6 is 11.3 Å². The highest BCUT2D eigenvalue weighted by Crippen LogP contribution is 2.17. The van der Waals surface area contributed by atoms with E-state index in [4.69, 9.17) is 5.73 Å². The first-order chi connectivity index (χ1) is 7.06. The molecule has 5 nitrogen and oxygen atoms in total. The van der Waals surface area contributed by atoms with Crippen LogP contribution in [-0.4, -0.2) is 26.5 Å². The second-order valence-electron chi connectivity index (χ2n) is 3.09. The topological polar surface area (TPSA) is 85.1 Å². The number of hydrogen-bond donors (Lipinski definition) is 2. The number of nitrogens with zero attached hydrogens (tertiary/aromatic N) is 1. The summed E-state index contributed by atoms with van der Waals surface area (Å²) in [5.41, 5.74) is 5.31. The minimum Gasteiger partial charge on any atom is -0.330 e. The minimum absolute atomic E-state index is 0.271.